The van der Waals surface area contributed by atoms with Crippen LogP contribution in [0.2, 0.25) is 6.04 Å². The Labute approximate surface area is 163 Å². The van der Waals surface area contributed by atoms with Crippen LogP contribution in [-0.4, -0.2) is 40.9 Å². The molecule has 1 aromatic heterocycles. The number of fused-ring (bicyclic) bond motifs is 1. The topological polar surface area (TPSA) is 40.6 Å². The van der Waals surface area contributed by atoms with E-state index in [9.17, 15) is 0 Å². The molecule has 1 heterocycles. The number of aromatic nitrogens is 1. The highest BCUT2D eigenvalue weighted by Crippen LogP contribution is 2.48. The van der Waals surface area contributed by atoms with Gasteiger partial charge in [-0.05, 0) is 55.4 Å². The second-order valence-electron chi connectivity index (χ2n) is 4.74. The van der Waals surface area contributed by atoms with Crippen molar-refractivity contribution in [1.29, 1.82) is 0 Å². The van der Waals surface area contributed by atoms with Gasteiger partial charge in [0.15, 0.2) is 4.34 Å². The Kier molecular flexibility index (Phi) is 9.89. The van der Waals surface area contributed by atoms with Gasteiger partial charge in [0.25, 0.3) is 0 Å². The maximum Gasteiger partial charge on any atom is 0.500 e. The van der Waals surface area contributed by atoms with Gasteiger partial charge in [0, 0.05) is 33.1 Å². The molecule has 0 bridgehead atoms. The van der Waals surface area contributed by atoms with Crippen LogP contribution in [0.4, 0.5) is 0 Å². The molecule has 0 fully saturated rings. The first-order chi connectivity index (χ1) is 11.7. The average molecular weight is 440 g/mol. The smallest absolute Gasteiger partial charge is 0.377 e. The molecule has 1 aromatic carbocycles. The van der Waals surface area contributed by atoms with E-state index in [0.717, 1.165) is 34.5 Å². The number of rotatable bonds is 12. The number of thiazole rings is 1. The molecule has 10 heteroatoms. The highest BCUT2D eigenvalue weighted by Gasteiger charge is 2.36. The van der Waals surface area contributed by atoms with E-state index >= 15 is 0 Å². The molecule has 0 unspecified atom stereocenters. The molecular formula is C14H21NO3S5Si. The van der Waals surface area contributed by atoms with E-state index in [1.807, 2.05) is 26.7 Å². The number of nitrogens with zero attached hydrogens (tertiary/aromatic N) is 1. The van der Waals surface area contributed by atoms with Crippen LogP contribution in [0.25, 0.3) is 10.2 Å². The van der Waals surface area contributed by atoms with Crippen LogP contribution in [-0.2, 0) is 13.3 Å². The van der Waals surface area contributed by atoms with Crippen molar-refractivity contribution in [3.05, 3.63) is 24.3 Å². The first-order valence-corrected chi connectivity index (χ1v) is 15.1. The molecule has 0 aliphatic heterocycles. The fourth-order valence-electron chi connectivity index (χ4n) is 2.04. The Morgan fingerprint density at radius 3 is 2.50 bits per heavy atom. The summed E-state index contributed by atoms with van der Waals surface area (Å²) in [6.45, 7) is 0. The number of hydrogen-bond donors (Lipinski definition) is 0. The highest BCUT2D eigenvalue weighted by molar-refractivity contribution is 9.26. The van der Waals surface area contributed by atoms with Gasteiger partial charge in [-0.1, -0.05) is 22.9 Å². The average Bonchev–Trinajstić information content (AvgIpc) is 3.04. The van der Waals surface area contributed by atoms with Gasteiger partial charge in [0.1, 0.15) is 0 Å². The second-order valence-corrected chi connectivity index (χ2v) is 15.1. The molecule has 0 N–H and O–H groups in total. The predicted molar refractivity (Wildman–Crippen MR) is 114 cm³/mol. The van der Waals surface area contributed by atoms with Crippen molar-refractivity contribution in [2.24, 2.45) is 0 Å². The molecule has 0 amide bonds. The lowest BCUT2D eigenvalue weighted by molar-refractivity contribution is 0.123. The van der Waals surface area contributed by atoms with Gasteiger partial charge in [0.05, 0.1) is 10.2 Å². The third-order valence-corrected chi connectivity index (χ3v) is 13.8. The zero-order chi connectivity index (χ0) is 17.3. The lowest BCUT2D eigenvalue weighted by Gasteiger charge is -2.24. The number of benzene rings is 1. The Balaban J connectivity index is 1.55. The molecular weight excluding hydrogens is 419 g/mol. The van der Waals surface area contributed by atoms with Crippen LogP contribution in [0.5, 0.6) is 0 Å². The minimum atomic E-state index is -2.39. The maximum atomic E-state index is 5.42. The predicted octanol–water partition coefficient (Wildman–Crippen LogP) is 5.99. The molecule has 0 spiro atoms. The van der Waals surface area contributed by atoms with Crippen LogP contribution in [0.15, 0.2) is 28.6 Å². The summed E-state index contributed by atoms with van der Waals surface area (Å²) in [6, 6.07) is 9.14. The largest absolute Gasteiger partial charge is 0.500 e. The Morgan fingerprint density at radius 1 is 1.04 bits per heavy atom. The van der Waals surface area contributed by atoms with Crippen molar-refractivity contribution in [2.45, 2.75) is 23.2 Å². The molecule has 0 atom stereocenters. The standard InChI is InChI=1S/C14H21NO3S5Si/c1-16-24(17-2,18-3)11-7-6-10-19-22-23-21-14-15-12-8-4-5-9-13(12)20-14/h4-5,8-9H,6-7,10-11H2,1-3H3. The Hall–Kier alpha value is 0.607. The van der Waals surface area contributed by atoms with Gasteiger partial charge >= 0.3 is 8.80 Å². The summed E-state index contributed by atoms with van der Waals surface area (Å²) in [6.07, 6.45) is 2.19. The van der Waals surface area contributed by atoms with Gasteiger partial charge in [-0.3, -0.25) is 0 Å². The monoisotopic (exact) mass is 439 g/mol. The molecule has 0 saturated carbocycles. The van der Waals surface area contributed by atoms with Crippen molar-refractivity contribution >= 4 is 71.6 Å². The minimum absolute atomic E-state index is 0.870. The zero-order valence-electron chi connectivity index (χ0n) is 13.9. The van der Waals surface area contributed by atoms with Crippen molar-refractivity contribution in [3.8, 4) is 0 Å². The molecule has 0 aliphatic rings. The molecule has 0 aliphatic carbocycles. The third-order valence-electron chi connectivity index (χ3n) is 3.35. The number of hydrogen-bond acceptors (Lipinski definition) is 9. The van der Waals surface area contributed by atoms with Crippen LogP contribution < -0.4 is 0 Å². The molecule has 0 radical (unpaired) electrons. The van der Waals surface area contributed by atoms with Crippen molar-refractivity contribution in [3.63, 3.8) is 0 Å². The number of para-hydroxylation sites is 1. The summed E-state index contributed by atoms with van der Waals surface area (Å²) < 4.78 is 18.6. The summed E-state index contributed by atoms with van der Waals surface area (Å²) in [4.78, 5) is 4.62. The highest BCUT2D eigenvalue weighted by atomic mass is 33.7. The van der Waals surface area contributed by atoms with E-state index in [1.165, 1.54) is 4.70 Å². The van der Waals surface area contributed by atoms with E-state index < -0.39 is 8.80 Å². The maximum absolute atomic E-state index is 5.42. The van der Waals surface area contributed by atoms with Gasteiger partial charge in [-0.25, -0.2) is 4.98 Å². The van der Waals surface area contributed by atoms with Gasteiger partial charge in [-0.15, -0.1) is 11.3 Å². The summed E-state index contributed by atoms with van der Waals surface area (Å²) in [5.74, 6) is 1.11. The van der Waals surface area contributed by atoms with E-state index in [-0.39, 0.29) is 0 Å². The van der Waals surface area contributed by atoms with E-state index in [2.05, 4.69) is 23.2 Å². The third kappa shape index (κ3) is 6.40. The molecule has 2 rings (SSSR count). The van der Waals surface area contributed by atoms with E-state index in [1.54, 1.807) is 53.3 Å². The molecule has 134 valence electrons. The second kappa shape index (κ2) is 11.3. The van der Waals surface area contributed by atoms with E-state index in [4.69, 9.17) is 13.3 Å². The molecule has 24 heavy (non-hydrogen) atoms. The van der Waals surface area contributed by atoms with E-state index in [0.29, 0.717) is 0 Å². The van der Waals surface area contributed by atoms with Gasteiger partial charge < -0.3 is 13.3 Å². The fraction of sp³-hybridized carbons (Fsp3) is 0.500. The summed E-state index contributed by atoms with van der Waals surface area (Å²) in [5, 5.41) is 0. The van der Waals surface area contributed by atoms with Crippen LogP contribution in [0.3, 0.4) is 0 Å². The summed E-state index contributed by atoms with van der Waals surface area (Å²) >= 11 is 1.75. The summed E-state index contributed by atoms with van der Waals surface area (Å²) in [7, 11) is 9.82. The molecule has 0 saturated heterocycles. The van der Waals surface area contributed by atoms with Crippen molar-refractivity contribution in [1.82, 2.24) is 4.98 Å². The zero-order valence-corrected chi connectivity index (χ0v) is 18.9. The quantitative estimate of drug-likeness (QED) is 0.227. The normalized spacial score (nSPS) is 12.1. The van der Waals surface area contributed by atoms with Crippen LogP contribution >= 0.6 is 52.6 Å². The molecule has 4 nitrogen and oxygen atoms in total. The van der Waals surface area contributed by atoms with Crippen LogP contribution in [0.1, 0.15) is 12.8 Å². The Morgan fingerprint density at radius 2 is 1.79 bits per heavy atom. The van der Waals surface area contributed by atoms with Gasteiger partial charge in [0.2, 0.25) is 0 Å². The lowest BCUT2D eigenvalue weighted by atomic mass is 10.3. The lowest BCUT2D eigenvalue weighted by Crippen LogP contribution is -2.42. The van der Waals surface area contributed by atoms with Crippen molar-refractivity contribution < 1.29 is 13.3 Å². The first-order valence-electron chi connectivity index (χ1n) is 7.37. The SMILES string of the molecule is CO[Si](CCCCSSSSc1nc2ccccc2s1)(OC)OC. The fourth-order valence-corrected chi connectivity index (χ4v) is 11.2. The van der Waals surface area contributed by atoms with Crippen LogP contribution in [0, 0.1) is 0 Å². The number of unbranched alkanes of at least 4 members (excludes halogenated alkanes) is 1. The first kappa shape index (κ1) is 20.9. The minimum Gasteiger partial charge on any atom is -0.377 e. The Bertz CT molecular complexity index is 570. The van der Waals surface area contributed by atoms with Crippen molar-refractivity contribution in [2.75, 3.05) is 27.1 Å². The summed E-state index contributed by atoms with van der Waals surface area (Å²) in [5.41, 5.74) is 1.09. The van der Waals surface area contributed by atoms with Gasteiger partial charge in [-0.2, -0.15) is 0 Å². The molecule has 2 aromatic rings.